The van der Waals surface area contributed by atoms with E-state index in [2.05, 4.69) is 10.1 Å². The van der Waals surface area contributed by atoms with Crippen LogP contribution >= 0.6 is 0 Å². The van der Waals surface area contributed by atoms with Gasteiger partial charge in [-0.05, 0) is 37.0 Å². The smallest absolute Gasteiger partial charge is 0.416 e. The van der Waals surface area contributed by atoms with E-state index < -0.39 is 23.8 Å². The number of hydrogen-bond donors (Lipinski definition) is 1. The van der Waals surface area contributed by atoms with E-state index >= 15 is 0 Å². The summed E-state index contributed by atoms with van der Waals surface area (Å²) in [4.78, 5) is 11.6. The van der Waals surface area contributed by atoms with Crippen molar-refractivity contribution in [2.75, 3.05) is 12.4 Å². The molecule has 19 heavy (non-hydrogen) atoms. The minimum atomic E-state index is -4.39. The van der Waals surface area contributed by atoms with Crippen molar-refractivity contribution < 1.29 is 22.7 Å². The highest BCUT2D eigenvalue weighted by Gasteiger charge is 2.37. The summed E-state index contributed by atoms with van der Waals surface area (Å²) in [6.07, 6.45) is -2.63. The summed E-state index contributed by atoms with van der Waals surface area (Å²) in [5.74, 6) is -0.304. The van der Waals surface area contributed by atoms with Crippen molar-refractivity contribution in [1.82, 2.24) is 0 Å². The zero-order chi connectivity index (χ0) is 14.0. The molecule has 1 aromatic rings. The molecule has 0 aliphatic heterocycles. The summed E-state index contributed by atoms with van der Waals surface area (Å²) in [5.41, 5.74) is -0.464. The molecule has 0 aromatic heterocycles. The fourth-order valence-corrected chi connectivity index (χ4v) is 1.89. The maximum Gasteiger partial charge on any atom is 0.416 e. The van der Waals surface area contributed by atoms with Crippen molar-refractivity contribution in [1.29, 1.82) is 0 Å². The number of carbonyl (C=O) groups is 1. The number of alkyl halides is 3. The van der Waals surface area contributed by atoms with E-state index in [0.29, 0.717) is 0 Å². The standard InChI is InChI=1S/C13H14F3NO2/c1-19-12(18)11(8-5-6-8)17-10-4-2-3-9(7-10)13(14,15)16/h2-4,7-8,11,17H,5-6H2,1H3. The van der Waals surface area contributed by atoms with Gasteiger partial charge in [-0.15, -0.1) is 0 Å². The molecule has 1 N–H and O–H groups in total. The van der Waals surface area contributed by atoms with Crippen LogP contribution in [-0.4, -0.2) is 19.1 Å². The first-order chi connectivity index (χ1) is 8.91. The van der Waals surface area contributed by atoms with Gasteiger partial charge in [0.1, 0.15) is 6.04 Å². The topological polar surface area (TPSA) is 38.3 Å². The molecular weight excluding hydrogens is 259 g/mol. The fourth-order valence-electron chi connectivity index (χ4n) is 1.89. The predicted octanol–water partition coefficient (Wildman–Crippen LogP) is 3.07. The molecule has 0 heterocycles. The van der Waals surface area contributed by atoms with Crippen LogP contribution in [0.15, 0.2) is 24.3 Å². The molecule has 3 nitrogen and oxygen atoms in total. The highest BCUT2D eigenvalue weighted by molar-refractivity contribution is 5.80. The van der Waals surface area contributed by atoms with Gasteiger partial charge < -0.3 is 10.1 Å². The summed E-state index contributed by atoms with van der Waals surface area (Å²) < 4.78 is 42.4. The Bertz CT molecular complexity index is 469. The summed E-state index contributed by atoms with van der Waals surface area (Å²) in [6.45, 7) is 0. The third kappa shape index (κ3) is 3.39. The molecule has 1 aromatic carbocycles. The van der Waals surface area contributed by atoms with Gasteiger partial charge in [0.25, 0.3) is 0 Å². The van der Waals surface area contributed by atoms with Gasteiger partial charge in [-0.3, -0.25) is 0 Å². The number of nitrogens with one attached hydrogen (secondary N) is 1. The van der Waals surface area contributed by atoms with Crippen LogP contribution in [0.5, 0.6) is 0 Å². The average molecular weight is 273 g/mol. The molecule has 0 saturated heterocycles. The Labute approximate surface area is 108 Å². The quantitative estimate of drug-likeness (QED) is 0.857. The first kappa shape index (κ1) is 13.7. The highest BCUT2D eigenvalue weighted by Crippen LogP contribution is 2.36. The van der Waals surface area contributed by atoms with Gasteiger partial charge >= 0.3 is 12.1 Å². The largest absolute Gasteiger partial charge is 0.467 e. The SMILES string of the molecule is COC(=O)C(Nc1cccc(C(F)(F)F)c1)C1CC1. The minimum Gasteiger partial charge on any atom is -0.467 e. The zero-order valence-corrected chi connectivity index (χ0v) is 10.3. The number of ether oxygens (including phenoxy) is 1. The molecule has 0 bridgehead atoms. The van der Waals surface area contributed by atoms with Gasteiger partial charge in [-0.25, -0.2) is 4.79 Å². The van der Waals surface area contributed by atoms with Crippen molar-refractivity contribution in [3.8, 4) is 0 Å². The number of methoxy groups -OCH3 is 1. The summed E-state index contributed by atoms with van der Waals surface area (Å²) in [6, 6.07) is 4.24. The van der Waals surface area contributed by atoms with Gasteiger partial charge in [0.05, 0.1) is 12.7 Å². The third-order valence-corrected chi connectivity index (χ3v) is 3.06. The maximum atomic E-state index is 12.6. The van der Waals surface area contributed by atoms with E-state index in [1.807, 2.05) is 0 Å². The number of rotatable bonds is 4. The number of halogens is 3. The molecule has 1 saturated carbocycles. The van der Waals surface area contributed by atoms with Crippen LogP contribution in [-0.2, 0) is 15.7 Å². The van der Waals surface area contributed by atoms with Crippen LogP contribution < -0.4 is 5.32 Å². The Morgan fingerprint density at radius 2 is 2.11 bits per heavy atom. The number of benzene rings is 1. The van der Waals surface area contributed by atoms with Crippen LogP contribution in [0.1, 0.15) is 18.4 Å². The van der Waals surface area contributed by atoms with E-state index in [1.54, 1.807) is 0 Å². The minimum absolute atomic E-state index is 0.141. The first-order valence-electron chi connectivity index (χ1n) is 5.93. The molecule has 1 atom stereocenters. The molecule has 2 rings (SSSR count). The van der Waals surface area contributed by atoms with Crippen molar-refractivity contribution in [2.24, 2.45) is 5.92 Å². The van der Waals surface area contributed by atoms with Gasteiger partial charge in [-0.1, -0.05) is 6.07 Å². The lowest BCUT2D eigenvalue weighted by Crippen LogP contribution is -2.32. The molecular formula is C13H14F3NO2. The summed E-state index contributed by atoms with van der Waals surface area (Å²) in [5, 5.41) is 2.83. The van der Waals surface area contributed by atoms with Gasteiger partial charge in [0, 0.05) is 5.69 Å². The Hall–Kier alpha value is -1.72. The zero-order valence-electron chi connectivity index (χ0n) is 10.3. The average Bonchev–Trinajstić information content (AvgIpc) is 3.18. The lowest BCUT2D eigenvalue weighted by atomic mass is 10.1. The van der Waals surface area contributed by atoms with Gasteiger partial charge in [0.15, 0.2) is 0 Å². The molecule has 1 unspecified atom stereocenters. The Kier molecular flexibility index (Phi) is 3.68. The predicted molar refractivity (Wildman–Crippen MR) is 63.6 cm³/mol. The lowest BCUT2D eigenvalue weighted by molar-refractivity contribution is -0.142. The number of esters is 1. The number of hydrogen-bond acceptors (Lipinski definition) is 3. The van der Waals surface area contributed by atoms with Crippen LogP contribution in [0.25, 0.3) is 0 Å². The molecule has 0 spiro atoms. The van der Waals surface area contributed by atoms with Crippen molar-refractivity contribution >= 4 is 11.7 Å². The second-order valence-corrected chi connectivity index (χ2v) is 4.56. The molecule has 6 heteroatoms. The number of anilines is 1. The van der Waals surface area contributed by atoms with E-state index in [1.165, 1.54) is 19.2 Å². The van der Waals surface area contributed by atoms with Crippen molar-refractivity contribution in [3.05, 3.63) is 29.8 Å². The normalized spacial score (nSPS) is 16.8. The Morgan fingerprint density at radius 1 is 1.42 bits per heavy atom. The van der Waals surface area contributed by atoms with E-state index in [0.717, 1.165) is 25.0 Å². The van der Waals surface area contributed by atoms with Crippen LogP contribution in [0.4, 0.5) is 18.9 Å². The van der Waals surface area contributed by atoms with E-state index in [4.69, 9.17) is 0 Å². The molecule has 1 fully saturated rings. The Balaban J connectivity index is 2.15. The van der Waals surface area contributed by atoms with Crippen LogP contribution in [0, 0.1) is 5.92 Å². The second kappa shape index (κ2) is 5.11. The molecule has 104 valence electrons. The van der Waals surface area contributed by atoms with Gasteiger partial charge in [-0.2, -0.15) is 13.2 Å². The summed E-state index contributed by atoms with van der Waals surface area (Å²) in [7, 11) is 1.27. The molecule has 0 radical (unpaired) electrons. The first-order valence-corrected chi connectivity index (χ1v) is 5.93. The van der Waals surface area contributed by atoms with E-state index in [-0.39, 0.29) is 11.6 Å². The third-order valence-electron chi connectivity index (χ3n) is 3.06. The monoisotopic (exact) mass is 273 g/mol. The molecule has 1 aliphatic carbocycles. The molecule has 1 aliphatic rings. The fraction of sp³-hybridized carbons (Fsp3) is 0.462. The van der Waals surface area contributed by atoms with Gasteiger partial charge in [0.2, 0.25) is 0 Å². The number of carbonyl (C=O) groups excluding carboxylic acids is 1. The lowest BCUT2D eigenvalue weighted by Gasteiger charge is -2.18. The second-order valence-electron chi connectivity index (χ2n) is 4.56. The molecule has 0 amide bonds. The Morgan fingerprint density at radius 3 is 2.63 bits per heavy atom. The van der Waals surface area contributed by atoms with Crippen molar-refractivity contribution in [3.63, 3.8) is 0 Å². The summed E-state index contributed by atoms with van der Waals surface area (Å²) >= 11 is 0. The van der Waals surface area contributed by atoms with Crippen LogP contribution in [0.2, 0.25) is 0 Å². The van der Waals surface area contributed by atoms with E-state index in [9.17, 15) is 18.0 Å². The highest BCUT2D eigenvalue weighted by atomic mass is 19.4. The van der Waals surface area contributed by atoms with Crippen molar-refractivity contribution in [2.45, 2.75) is 25.1 Å². The maximum absolute atomic E-state index is 12.6. The van der Waals surface area contributed by atoms with Crippen LogP contribution in [0.3, 0.4) is 0 Å².